The summed E-state index contributed by atoms with van der Waals surface area (Å²) < 4.78 is 0. The van der Waals surface area contributed by atoms with Crippen LogP contribution in [-0.2, 0) is 11.2 Å². The number of hydrogen-bond donors (Lipinski definition) is 2. The van der Waals surface area contributed by atoms with Crippen molar-refractivity contribution < 1.29 is 15.0 Å². The fourth-order valence-electron chi connectivity index (χ4n) is 6.10. The smallest absolute Gasteiger partial charge is 0.303 e. The van der Waals surface area contributed by atoms with Gasteiger partial charge in [0.15, 0.2) is 0 Å². The molecule has 0 radical (unpaired) electrons. The van der Waals surface area contributed by atoms with E-state index in [1.165, 1.54) is 0 Å². The van der Waals surface area contributed by atoms with E-state index in [2.05, 4.69) is 6.07 Å². The molecule has 4 bridgehead atoms. The van der Waals surface area contributed by atoms with Gasteiger partial charge in [-0.05, 0) is 79.4 Å². The van der Waals surface area contributed by atoms with Crippen LogP contribution in [-0.4, -0.2) is 21.8 Å². The Kier molecular flexibility index (Phi) is 3.51. The zero-order chi connectivity index (χ0) is 16.2. The zero-order valence-electron chi connectivity index (χ0n) is 13.2. The number of aliphatic hydroxyl groups is 1. The molecule has 0 aliphatic heterocycles. The van der Waals surface area contributed by atoms with Crippen molar-refractivity contribution in [1.82, 2.24) is 0 Å². The quantitative estimate of drug-likeness (QED) is 0.877. The van der Waals surface area contributed by atoms with E-state index in [-0.39, 0.29) is 11.8 Å². The third-order valence-electron chi connectivity index (χ3n) is 6.69. The Hall–Kier alpha value is -1.06. The maximum Gasteiger partial charge on any atom is 0.303 e. The van der Waals surface area contributed by atoms with Crippen LogP contribution in [0.2, 0.25) is 5.02 Å². The first kappa shape index (κ1) is 15.5. The number of rotatable bonds is 4. The number of halogens is 1. The van der Waals surface area contributed by atoms with Crippen LogP contribution in [0.5, 0.6) is 0 Å². The Morgan fingerprint density at radius 1 is 1.22 bits per heavy atom. The molecule has 124 valence electrons. The van der Waals surface area contributed by atoms with E-state index in [4.69, 9.17) is 11.6 Å². The minimum Gasteiger partial charge on any atom is -0.481 e. The lowest BCUT2D eigenvalue weighted by Gasteiger charge is -2.64. The van der Waals surface area contributed by atoms with Crippen LogP contribution in [0.15, 0.2) is 24.3 Å². The Morgan fingerprint density at radius 3 is 2.48 bits per heavy atom. The predicted octanol–water partition coefficient (Wildman–Crippen LogP) is 3.91. The summed E-state index contributed by atoms with van der Waals surface area (Å²) in [5, 5.41) is 21.1. The number of carboxylic acid groups (broad SMARTS) is 1. The van der Waals surface area contributed by atoms with Gasteiger partial charge in [-0.2, -0.15) is 0 Å². The first-order valence-electron chi connectivity index (χ1n) is 8.57. The van der Waals surface area contributed by atoms with Gasteiger partial charge in [0, 0.05) is 5.02 Å². The normalized spacial score (nSPS) is 41.2. The molecule has 0 aromatic heterocycles. The maximum absolute atomic E-state index is 11.6. The minimum atomic E-state index is -0.716. The Bertz CT molecular complexity index is 625. The van der Waals surface area contributed by atoms with E-state index in [0.29, 0.717) is 22.8 Å². The molecule has 4 aliphatic rings. The average molecular weight is 335 g/mol. The fourth-order valence-corrected chi connectivity index (χ4v) is 6.31. The van der Waals surface area contributed by atoms with Gasteiger partial charge in [-0.1, -0.05) is 23.7 Å². The van der Waals surface area contributed by atoms with E-state index in [9.17, 15) is 15.0 Å². The second kappa shape index (κ2) is 5.22. The molecule has 23 heavy (non-hydrogen) atoms. The third kappa shape index (κ3) is 2.58. The molecule has 3 nitrogen and oxygen atoms in total. The summed E-state index contributed by atoms with van der Waals surface area (Å²) in [7, 11) is 0. The lowest BCUT2D eigenvalue weighted by molar-refractivity contribution is -0.198. The molecule has 1 aromatic carbocycles. The van der Waals surface area contributed by atoms with Gasteiger partial charge < -0.3 is 10.2 Å². The molecule has 2 N–H and O–H groups in total. The molecule has 4 heteroatoms. The summed E-state index contributed by atoms with van der Waals surface area (Å²) in [6.07, 6.45) is 5.58. The molecule has 0 spiro atoms. The highest BCUT2D eigenvalue weighted by Gasteiger charge is 2.61. The first-order valence-corrected chi connectivity index (χ1v) is 8.95. The largest absolute Gasteiger partial charge is 0.481 e. The van der Waals surface area contributed by atoms with Gasteiger partial charge in [-0.3, -0.25) is 4.79 Å². The zero-order valence-corrected chi connectivity index (χ0v) is 13.9. The molecule has 4 aliphatic carbocycles. The van der Waals surface area contributed by atoms with Crippen LogP contribution in [0.25, 0.3) is 0 Å². The molecule has 2 unspecified atom stereocenters. The van der Waals surface area contributed by atoms with E-state index < -0.39 is 11.6 Å². The molecule has 4 saturated carbocycles. The number of carbonyl (C=O) groups is 1. The summed E-state index contributed by atoms with van der Waals surface area (Å²) in [6.45, 7) is 0. The Morgan fingerprint density at radius 2 is 1.91 bits per heavy atom. The minimum absolute atomic E-state index is 0.206. The van der Waals surface area contributed by atoms with Crippen molar-refractivity contribution in [3.05, 3.63) is 34.9 Å². The SMILES string of the molecule is O=C(O)C[C@]1(Cc2cccc(Cl)c2)C2CC3CC1C[C@@](O)(C3)C2. The molecule has 2 atom stereocenters. The van der Waals surface area contributed by atoms with Gasteiger partial charge in [0.05, 0.1) is 12.0 Å². The van der Waals surface area contributed by atoms with Gasteiger partial charge in [0.2, 0.25) is 0 Å². The van der Waals surface area contributed by atoms with E-state index in [0.717, 1.165) is 44.1 Å². The lowest BCUT2D eigenvalue weighted by Crippen LogP contribution is -2.61. The molecule has 5 rings (SSSR count). The molecule has 4 fully saturated rings. The number of aliphatic carboxylic acids is 1. The Balaban J connectivity index is 1.71. The first-order chi connectivity index (χ1) is 10.9. The van der Waals surface area contributed by atoms with Crippen LogP contribution in [0.4, 0.5) is 0 Å². The topological polar surface area (TPSA) is 57.5 Å². The highest BCUT2D eigenvalue weighted by atomic mass is 35.5. The van der Waals surface area contributed by atoms with Crippen LogP contribution in [0.1, 0.15) is 44.1 Å². The van der Waals surface area contributed by atoms with Gasteiger partial charge in [-0.25, -0.2) is 0 Å². The number of carboxylic acids is 1. The highest BCUT2D eigenvalue weighted by Crippen LogP contribution is 2.65. The van der Waals surface area contributed by atoms with Gasteiger partial charge in [-0.15, -0.1) is 0 Å². The summed E-state index contributed by atoms with van der Waals surface area (Å²) in [5.74, 6) is 0.493. The number of hydrogen-bond acceptors (Lipinski definition) is 2. The molecule has 0 amide bonds. The summed E-state index contributed by atoms with van der Waals surface area (Å²) in [4.78, 5) is 11.6. The van der Waals surface area contributed by atoms with Crippen molar-refractivity contribution in [3.8, 4) is 0 Å². The van der Waals surface area contributed by atoms with Crippen LogP contribution in [0, 0.1) is 23.2 Å². The maximum atomic E-state index is 11.6. The van der Waals surface area contributed by atoms with Crippen molar-refractivity contribution in [2.75, 3.05) is 0 Å². The van der Waals surface area contributed by atoms with Crippen LogP contribution >= 0.6 is 11.6 Å². The van der Waals surface area contributed by atoms with E-state index in [1.807, 2.05) is 18.2 Å². The molecular weight excluding hydrogens is 312 g/mol. The van der Waals surface area contributed by atoms with Crippen molar-refractivity contribution in [2.45, 2.75) is 50.5 Å². The molecule has 0 heterocycles. The average Bonchev–Trinajstić information content (AvgIpc) is 2.42. The molecule has 1 aromatic rings. The third-order valence-corrected chi connectivity index (χ3v) is 6.92. The summed E-state index contributed by atoms with van der Waals surface area (Å²) in [5.41, 5.74) is 0.366. The highest BCUT2D eigenvalue weighted by molar-refractivity contribution is 6.30. The van der Waals surface area contributed by atoms with Gasteiger partial charge in [0.25, 0.3) is 0 Å². The second-order valence-corrected chi connectivity index (χ2v) is 8.61. The molecular formula is C19H23ClO3. The Labute approximate surface area is 141 Å². The standard InChI is InChI=1S/C19H23ClO3/c20-16-3-1-2-12(6-16)8-19(11-17(21)22)14-4-13-5-15(19)10-18(23,7-13)9-14/h1-3,6,13-15,23H,4-5,7-11H2,(H,21,22)/t13?,14?,15?,18-,19-. The van der Waals surface area contributed by atoms with E-state index >= 15 is 0 Å². The van der Waals surface area contributed by atoms with Gasteiger partial charge >= 0.3 is 5.97 Å². The monoisotopic (exact) mass is 334 g/mol. The predicted molar refractivity (Wildman–Crippen MR) is 88.3 cm³/mol. The second-order valence-electron chi connectivity index (χ2n) is 8.18. The lowest BCUT2D eigenvalue weighted by atomic mass is 9.42. The summed E-state index contributed by atoms with van der Waals surface area (Å²) in [6, 6.07) is 7.81. The number of benzene rings is 1. The van der Waals surface area contributed by atoms with Crippen molar-refractivity contribution >= 4 is 17.6 Å². The van der Waals surface area contributed by atoms with Crippen LogP contribution in [0.3, 0.4) is 0 Å². The van der Waals surface area contributed by atoms with Crippen molar-refractivity contribution in [1.29, 1.82) is 0 Å². The summed E-state index contributed by atoms with van der Waals surface area (Å²) >= 11 is 6.13. The van der Waals surface area contributed by atoms with Gasteiger partial charge in [0.1, 0.15) is 0 Å². The fraction of sp³-hybridized carbons (Fsp3) is 0.632. The van der Waals surface area contributed by atoms with Crippen molar-refractivity contribution in [3.63, 3.8) is 0 Å². The van der Waals surface area contributed by atoms with Crippen molar-refractivity contribution in [2.24, 2.45) is 23.2 Å². The van der Waals surface area contributed by atoms with E-state index in [1.54, 1.807) is 0 Å². The molecule has 0 saturated heterocycles. The van der Waals surface area contributed by atoms with Crippen LogP contribution < -0.4 is 0 Å².